The number of nitrogens with two attached hydrogens (primary N) is 1. The SMILES string of the molecule is Cc1ccc(S(=O)(=O)N2CCN([C@@H]3CCCc4cc(C5=CCN(CC6CC6)CC5)ccc43)C(=O)C2CC(N)=O)cc1. The zero-order chi connectivity index (χ0) is 28.7. The van der Waals surface area contributed by atoms with Crippen molar-refractivity contribution in [1.82, 2.24) is 14.1 Å². The van der Waals surface area contributed by atoms with Crippen LogP contribution in [0.2, 0.25) is 0 Å². The summed E-state index contributed by atoms with van der Waals surface area (Å²) in [5.41, 5.74) is 11.5. The number of hydrogen-bond donors (Lipinski definition) is 1. The van der Waals surface area contributed by atoms with Crippen LogP contribution >= 0.6 is 0 Å². The quantitative estimate of drug-likeness (QED) is 0.517. The maximum absolute atomic E-state index is 13.9. The monoisotopic (exact) mass is 576 g/mol. The summed E-state index contributed by atoms with van der Waals surface area (Å²) in [4.78, 5) is 30.4. The molecule has 2 aromatic carbocycles. The van der Waals surface area contributed by atoms with E-state index in [0.29, 0.717) is 0 Å². The number of rotatable bonds is 8. The van der Waals surface area contributed by atoms with Crippen LogP contribution in [-0.4, -0.2) is 73.1 Å². The van der Waals surface area contributed by atoms with E-state index in [-0.39, 0.29) is 36.4 Å². The Morgan fingerprint density at radius 2 is 1.78 bits per heavy atom. The van der Waals surface area contributed by atoms with Gasteiger partial charge in [0.05, 0.1) is 17.4 Å². The molecule has 9 heteroatoms. The van der Waals surface area contributed by atoms with Crippen molar-refractivity contribution in [2.75, 3.05) is 32.7 Å². The van der Waals surface area contributed by atoms with Crippen LogP contribution in [0, 0.1) is 12.8 Å². The van der Waals surface area contributed by atoms with Crippen LogP contribution in [0.1, 0.15) is 66.8 Å². The van der Waals surface area contributed by atoms with Crippen LogP contribution in [-0.2, 0) is 26.0 Å². The van der Waals surface area contributed by atoms with Crippen molar-refractivity contribution in [2.24, 2.45) is 11.7 Å². The van der Waals surface area contributed by atoms with Gasteiger partial charge in [-0.05, 0) is 85.8 Å². The molecule has 218 valence electrons. The van der Waals surface area contributed by atoms with E-state index in [1.54, 1.807) is 29.2 Å². The van der Waals surface area contributed by atoms with Gasteiger partial charge < -0.3 is 10.6 Å². The largest absolute Gasteiger partial charge is 0.370 e. The lowest BCUT2D eigenvalue weighted by Crippen LogP contribution is -2.60. The molecule has 1 saturated heterocycles. The van der Waals surface area contributed by atoms with Crippen molar-refractivity contribution in [3.63, 3.8) is 0 Å². The number of primary amides is 1. The van der Waals surface area contributed by atoms with E-state index in [2.05, 4.69) is 29.2 Å². The van der Waals surface area contributed by atoms with Crippen molar-refractivity contribution >= 4 is 27.4 Å². The number of piperazine rings is 1. The Balaban J connectivity index is 1.23. The first-order valence-electron chi connectivity index (χ1n) is 14.9. The highest BCUT2D eigenvalue weighted by Gasteiger charge is 2.45. The second kappa shape index (κ2) is 11.3. The number of hydrogen-bond acceptors (Lipinski definition) is 5. The van der Waals surface area contributed by atoms with Crippen LogP contribution in [0.25, 0.3) is 5.57 Å². The van der Waals surface area contributed by atoms with Gasteiger partial charge in [0, 0.05) is 32.7 Å². The molecule has 0 aromatic heterocycles. The molecule has 0 bridgehead atoms. The fourth-order valence-electron chi connectivity index (χ4n) is 6.73. The van der Waals surface area contributed by atoms with Crippen molar-refractivity contribution < 1.29 is 18.0 Å². The molecule has 2 amide bonds. The Kier molecular flexibility index (Phi) is 7.78. The minimum Gasteiger partial charge on any atom is -0.370 e. The summed E-state index contributed by atoms with van der Waals surface area (Å²) in [5, 5.41) is 0. The third kappa shape index (κ3) is 5.85. The van der Waals surface area contributed by atoms with Crippen molar-refractivity contribution in [1.29, 1.82) is 0 Å². The number of carbonyl (C=O) groups is 2. The van der Waals surface area contributed by atoms with Gasteiger partial charge in [-0.2, -0.15) is 4.31 Å². The van der Waals surface area contributed by atoms with Gasteiger partial charge in [0.15, 0.2) is 0 Å². The predicted octanol–water partition coefficient (Wildman–Crippen LogP) is 3.65. The maximum Gasteiger partial charge on any atom is 0.243 e. The number of benzene rings is 2. The van der Waals surface area contributed by atoms with E-state index in [0.717, 1.165) is 55.8 Å². The molecule has 4 aliphatic rings. The topological polar surface area (TPSA) is 104 Å². The first kappa shape index (κ1) is 28.1. The van der Waals surface area contributed by atoms with Gasteiger partial charge in [0.2, 0.25) is 21.8 Å². The summed E-state index contributed by atoms with van der Waals surface area (Å²) in [6.07, 6.45) is 8.56. The summed E-state index contributed by atoms with van der Waals surface area (Å²) in [6, 6.07) is 11.9. The van der Waals surface area contributed by atoms with E-state index in [1.165, 1.54) is 40.4 Å². The molecule has 1 unspecified atom stereocenters. The fourth-order valence-corrected chi connectivity index (χ4v) is 8.30. The Morgan fingerprint density at radius 1 is 1.00 bits per heavy atom. The summed E-state index contributed by atoms with van der Waals surface area (Å²) in [6.45, 7) is 5.61. The smallest absolute Gasteiger partial charge is 0.243 e. The summed E-state index contributed by atoms with van der Waals surface area (Å²) < 4.78 is 28.3. The van der Waals surface area contributed by atoms with E-state index >= 15 is 0 Å². The molecule has 1 saturated carbocycles. The average Bonchev–Trinajstić information content (AvgIpc) is 3.78. The average molecular weight is 577 g/mol. The minimum absolute atomic E-state index is 0.113. The second-order valence-corrected chi connectivity index (χ2v) is 14.0. The van der Waals surface area contributed by atoms with Crippen LogP contribution < -0.4 is 5.73 Å². The molecule has 2 aliphatic carbocycles. The van der Waals surface area contributed by atoms with Crippen LogP contribution in [0.15, 0.2) is 53.4 Å². The fraction of sp³-hybridized carbons (Fsp3) is 0.500. The Hall–Kier alpha value is -3.01. The molecule has 2 fully saturated rings. The first-order chi connectivity index (χ1) is 19.7. The Morgan fingerprint density at radius 3 is 2.46 bits per heavy atom. The highest BCUT2D eigenvalue weighted by molar-refractivity contribution is 7.89. The lowest BCUT2D eigenvalue weighted by atomic mass is 9.83. The lowest BCUT2D eigenvalue weighted by Gasteiger charge is -2.44. The molecule has 0 spiro atoms. The normalized spacial score (nSPS) is 24.2. The number of aryl methyl sites for hydroxylation is 2. The zero-order valence-corrected chi connectivity index (χ0v) is 24.6. The van der Waals surface area contributed by atoms with Gasteiger partial charge in [0.25, 0.3) is 0 Å². The zero-order valence-electron chi connectivity index (χ0n) is 23.8. The first-order valence-corrected chi connectivity index (χ1v) is 16.4. The van der Waals surface area contributed by atoms with E-state index in [1.807, 2.05) is 6.92 Å². The van der Waals surface area contributed by atoms with Gasteiger partial charge >= 0.3 is 0 Å². The molecule has 6 rings (SSSR count). The van der Waals surface area contributed by atoms with E-state index in [4.69, 9.17) is 5.73 Å². The van der Waals surface area contributed by atoms with Crippen LogP contribution in [0.3, 0.4) is 0 Å². The van der Waals surface area contributed by atoms with Gasteiger partial charge in [-0.15, -0.1) is 0 Å². The summed E-state index contributed by atoms with van der Waals surface area (Å²) in [7, 11) is -3.98. The standard InChI is InChI=1S/C32H40N4O4S/c1-22-5-10-27(11-6-22)41(39,40)36-18-17-35(32(38)30(36)20-31(33)37)29-4-2-3-26-19-25(9-12-28(26)29)24-13-15-34(16-14-24)21-23-7-8-23/h5-6,9-13,19,23,29-30H,2-4,7-8,14-18,20-21H2,1H3,(H2,33,37)/t29-,30?/m1/s1. The molecule has 41 heavy (non-hydrogen) atoms. The van der Waals surface area contributed by atoms with Crippen molar-refractivity contribution in [2.45, 2.75) is 68.8 Å². The van der Waals surface area contributed by atoms with Crippen LogP contribution in [0.5, 0.6) is 0 Å². The molecular formula is C32H40N4O4S. The second-order valence-electron chi connectivity index (χ2n) is 12.2. The third-order valence-electron chi connectivity index (χ3n) is 9.18. The number of nitrogens with zero attached hydrogens (tertiary/aromatic N) is 3. The highest BCUT2D eigenvalue weighted by atomic mass is 32.2. The molecule has 8 nitrogen and oxygen atoms in total. The number of carbonyl (C=O) groups excluding carboxylic acids is 2. The van der Waals surface area contributed by atoms with Crippen LogP contribution in [0.4, 0.5) is 0 Å². The highest BCUT2D eigenvalue weighted by Crippen LogP contribution is 2.39. The number of fused-ring (bicyclic) bond motifs is 1. The van der Waals surface area contributed by atoms with Gasteiger partial charge in [-0.3, -0.25) is 14.5 Å². The van der Waals surface area contributed by atoms with Gasteiger partial charge in [-0.25, -0.2) is 8.42 Å². The molecule has 2 aromatic rings. The summed E-state index contributed by atoms with van der Waals surface area (Å²) >= 11 is 0. The molecular weight excluding hydrogens is 536 g/mol. The van der Waals surface area contributed by atoms with Crippen molar-refractivity contribution in [3.8, 4) is 0 Å². The predicted molar refractivity (Wildman–Crippen MR) is 158 cm³/mol. The molecule has 2 heterocycles. The molecule has 2 atom stereocenters. The van der Waals surface area contributed by atoms with Gasteiger partial charge in [0.1, 0.15) is 6.04 Å². The summed E-state index contributed by atoms with van der Waals surface area (Å²) in [5.74, 6) is -0.140. The molecule has 2 N–H and O–H groups in total. The minimum atomic E-state index is -3.98. The molecule has 0 radical (unpaired) electrons. The molecule has 2 aliphatic heterocycles. The lowest BCUT2D eigenvalue weighted by molar-refractivity contribution is -0.144. The number of amides is 2. The third-order valence-corrected chi connectivity index (χ3v) is 11.1. The van der Waals surface area contributed by atoms with Gasteiger partial charge in [-0.1, -0.05) is 42.0 Å². The Labute approximate surface area is 243 Å². The van der Waals surface area contributed by atoms with E-state index < -0.39 is 22.0 Å². The Bertz CT molecular complexity index is 1470. The van der Waals surface area contributed by atoms with Crippen molar-refractivity contribution in [3.05, 3.63) is 70.8 Å². The maximum atomic E-state index is 13.9. The number of sulfonamides is 1. The van der Waals surface area contributed by atoms with E-state index in [9.17, 15) is 18.0 Å².